The van der Waals surface area contributed by atoms with Crippen LogP contribution in [0.2, 0.25) is 0 Å². The molecule has 4 nitrogen and oxygen atoms in total. The van der Waals surface area contributed by atoms with Gasteiger partial charge in [0.25, 0.3) is 10.2 Å². The summed E-state index contributed by atoms with van der Waals surface area (Å²) in [6.07, 6.45) is 0. The highest BCUT2D eigenvalue weighted by Gasteiger charge is 2.12. The largest absolute Gasteiger partial charge is 0.274 e. The standard InChI is InChI=1S/C9H14N2O2S/c1-7-5-3-4-6-9(7)8(2)11-14(10,12)13/h3-6,8,11H,1-2H3,(H2,10,12,13)/t8-/m0/s1. The number of rotatable bonds is 3. The lowest BCUT2D eigenvalue weighted by Gasteiger charge is -2.14. The average Bonchev–Trinajstić information content (AvgIpc) is 2.01. The Kier molecular flexibility index (Phi) is 3.25. The van der Waals surface area contributed by atoms with E-state index in [1.54, 1.807) is 6.92 Å². The lowest BCUT2D eigenvalue weighted by molar-refractivity contribution is 0.568. The minimum Gasteiger partial charge on any atom is -0.216 e. The van der Waals surface area contributed by atoms with Gasteiger partial charge in [-0.1, -0.05) is 24.3 Å². The molecule has 0 radical (unpaired) electrons. The first-order valence-electron chi connectivity index (χ1n) is 4.26. The van der Waals surface area contributed by atoms with E-state index in [2.05, 4.69) is 4.72 Å². The molecule has 0 bridgehead atoms. The topological polar surface area (TPSA) is 72.2 Å². The molecule has 0 spiro atoms. The van der Waals surface area contributed by atoms with E-state index >= 15 is 0 Å². The Labute approximate surface area is 84.3 Å². The third-order valence-electron chi connectivity index (χ3n) is 2.00. The summed E-state index contributed by atoms with van der Waals surface area (Å²) in [6.45, 7) is 3.68. The Morgan fingerprint density at radius 2 is 1.93 bits per heavy atom. The van der Waals surface area contributed by atoms with Crippen LogP contribution in [0.25, 0.3) is 0 Å². The Hall–Kier alpha value is -0.910. The quantitative estimate of drug-likeness (QED) is 0.783. The van der Waals surface area contributed by atoms with Crippen LogP contribution in [0.1, 0.15) is 24.1 Å². The molecular weight excluding hydrogens is 200 g/mol. The van der Waals surface area contributed by atoms with Gasteiger partial charge in [0, 0.05) is 6.04 Å². The van der Waals surface area contributed by atoms with E-state index in [9.17, 15) is 8.42 Å². The first kappa shape index (κ1) is 11.2. The molecule has 0 aliphatic heterocycles. The van der Waals surface area contributed by atoms with E-state index in [4.69, 9.17) is 5.14 Å². The zero-order chi connectivity index (χ0) is 10.8. The summed E-state index contributed by atoms with van der Waals surface area (Å²) in [7, 11) is -3.64. The van der Waals surface area contributed by atoms with Gasteiger partial charge in [-0.2, -0.15) is 13.1 Å². The highest BCUT2D eigenvalue weighted by molar-refractivity contribution is 7.87. The molecule has 0 aromatic heterocycles. The van der Waals surface area contributed by atoms with Crippen molar-refractivity contribution < 1.29 is 8.42 Å². The lowest BCUT2D eigenvalue weighted by atomic mass is 10.0. The predicted octanol–water partition coefficient (Wildman–Crippen LogP) is 0.849. The summed E-state index contributed by atoms with van der Waals surface area (Å²) in [4.78, 5) is 0. The zero-order valence-corrected chi connectivity index (χ0v) is 9.01. The molecule has 0 saturated heterocycles. The second-order valence-electron chi connectivity index (χ2n) is 3.24. The monoisotopic (exact) mass is 214 g/mol. The van der Waals surface area contributed by atoms with Gasteiger partial charge in [0.15, 0.2) is 0 Å². The SMILES string of the molecule is Cc1ccccc1[C@H](C)NS(N)(=O)=O. The highest BCUT2D eigenvalue weighted by atomic mass is 32.2. The maximum Gasteiger partial charge on any atom is 0.274 e. The van der Waals surface area contributed by atoms with Crippen molar-refractivity contribution >= 4 is 10.2 Å². The summed E-state index contributed by atoms with van der Waals surface area (Å²) in [5.74, 6) is 0. The number of nitrogens with one attached hydrogen (secondary N) is 1. The van der Waals surface area contributed by atoms with Gasteiger partial charge in [-0.3, -0.25) is 0 Å². The van der Waals surface area contributed by atoms with Crippen molar-refractivity contribution in [3.05, 3.63) is 35.4 Å². The van der Waals surface area contributed by atoms with E-state index in [-0.39, 0.29) is 6.04 Å². The molecule has 0 amide bonds. The molecule has 1 aromatic rings. The number of nitrogens with two attached hydrogens (primary N) is 1. The Balaban J connectivity index is 2.90. The van der Waals surface area contributed by atoms with Crippen molar-refractivity contribution in [2.75, 3.05) is 0 Å². The molecular formula is C9H14N2O2S. The van der Waals surface area contributed by atoms with Crippen LogP contribution < -0.4 is 9.86 Å². The van der Waals surface area contributed by atoms with Crippen molar-refractivity contribution in [1.82, 2.24) is 4.72 Å². The normalized spacial score (nSPS) is 13.9. The molecule has 78 valence electrons. The highest BCUT2D eigenvalue weighted by Crippen LogP contribution is 2.16. The van der Waals surface area contributed by atoms with Gasteiger partial charge in [-0.15, -0.1) is 0 Å². The van der Waals surface area contributed by atoms with Gasteiger partial charge >= 0.3 is 0 Å². The molecule has 3 N–H and O–H groups in total. The molecule has 0 unspecified atom stereocenters. The Morgan fingerprint density at radius 1 is 1.36 bits per heavy atom. The molecule has 0 aliphatic carbocycles. The third-order valence-corrected chi connectivity index (χ3v) is 2.68. The van der Waals surface area contributed by atoms with Crippen LogP contribution in [0.15, 0.2) is 24.3 Å². The van der Waals surface area contributed by atoms with Crippen LogP contribution in [0.3, 0.4) is 0 Å². The fraction of sp³-hybridized carbons (Fsp3) is 0.333. The number of hydrogen-bond acceptors (Lipinski definition) is 2. The molecule has 0 saturated carbocycles. The first-order valence-corrected chi connectivity index (χ1v) is 5.80. The van der Waals surface area contributed by atoms with Gasteiger partial charge in [-0.25, -0.2) is 5.14 Å². The van der Waals surface area contributed by atoms with Crippen LogP contribution >= 0.6 is 0 Å². The van der Waals surface area contributed by atoms with Crippen LogP contribution in [0.4, 0.5) is 0 Å². The molecule has 0 aliphatic rings. The van der Waals surface area contributed by atoms with Crippen LogP contribution in [0.5, 0.6) is 0 Å². The molecule has 14 heavy (non-hydrogen) atoms. The van der Waals surface area contributed by atoms with Crippen LogP contribution in [0, 0.1) is 6.92 Å². The van der Waals surface area contributed by atoms with Crippen molar-refractivity contribution in [3.8, 4) is 0 Å². The van der Waals surface area contributed by atoms with E-state index < -0.39 is 10.2 Å². The molecule has 1 aromatic carbocycles. The number of aryl methyl sites for hydroxylation is 1. The third kappa shape index (κ3) is 3.10. The second kappa shape index (κ2) is 4.08. The van der Waals surface area contributed by atoms with Gasteiger partial charge in [0.2, 0.25) is 0 Å². The lowest BCUT2D eigenvalue weighted by Crippen LogP contribution is -2.33. The number of benzene rings is 1. The summed E-state index contributed by atoms with van der Waals surface area (Å²) in [5.41, 5.74) is 1.97. The maximum atomic E-state index is 10.8. The molecule has 1 rings (SSSR count). The summed E-state index contributed by atoms with van der Waals surface area (Å²) >= 11 is 0. The second-order valence-corrected chi connectivity index (χ2v) is 4.57. The smallest absolute Gasteiger partial charge is 0.216 e. The van der Waals surface area contributed by atoms with Gasteiger partial charge < -0.3 is 0 Å². The van der Waals surface area contributed by atoms with E-state index in [0.29, 0.717) is 0 Å². The van der Waals surface area contributed by atoms with Crippen molar-refractivity contribution in [2.45, 2.75) is 19.9 Å². The minimum atomic E-state index is -3.64. The van der Waals surface area contributed by atoms with Crippen molar-refractivity contribution in [1.29, 1.82) is 0 Å². The molecule has 1 atom stereocenters. The molecule has 0 fully saturated rings. The summed E-state index contributed by atoms with van der Waals surface area (Å²) in [5, 5.41) is 4.88. The van der Waals surface area contributed by atoms with E-state index in [1.807, 2.05) is 31.2 Å². The van der Waals surface area contributed by atoms with Crippen LogP contribution in [-0.4, -0.2) is 8.42 Å². The first-order chi connectivity index (χ1) is 6.40. The predicted molar refractivity (Wildman–Crippen MR) is 55.8 cm³/mol. The fourth-order valence-corrected chi connectivity index (χ4v) is 2.00. The van der Waals surface area contributed by atoms with Gasteiger partial charge in [-0.05, 0) is 25.0 Å². The van der Waals surface area contributed by atoms with Gasteiger partial charge in [0.1, 0.15) is 0 Å². The average molecular weight is 214 g/mol. The summed E-state index contributed by atoms with van der Waals surface area (Å²) in [6, 6.07) is 7.27. The van der Waals surface area contributed by atoms with Crippen molar-refractivity contribution in [2.24, 2.45) is 5.14 Å². The minimum absolute atomic E-state index is 0.300. The maximum absolute atomic E-state index is 10.8. The molecule has 5 heteroatoms. The van der Waals surface area contributed by atoms with Crippen LogP contribution in [-0.2, 0) is 10.2 Å². The number of hydrogen-bond donors (Lipinski definition) is 2. The van der Waals surface area contributed by atoms with Crippen molar-refractivity contribution in [3.63, 3.8) is 0 Å². The van der Waals surface area contributed by atoms with Gasteiger partial charge in [0.05, 0.1) is 0 Å². The molecule has 0 heterocycles. The Morgan fingerprint density at radius 3 is 2.43 bits per heavy atom. The summed E-state index contributed by atoms with van der Waals surface area (Å²) < 4.78 is 23.9. The fourth-order valence-electron chi connectivity index (χ4n) is 1.38. The van der Waals surface area contributed by atoms with E-state index in [1.165, 1.54) is 0 Å². The van der Waals surface area contributed by atoms with E-state index in [0.717, 1.165) is 11.1 Å². The Bertz CT molecular complexity index is 415. The zero-order valence-electron chi connectivity index (χ0n) is 8.19.